The second kappa shape index (κ2) is 4.50. The molecule has 4 heteroatoms. The molecule has 4 rings (SSSR count). The van der Waals surface area contributed by atoms with Crippen molar-refractivity contribution in [1.29, 1.82) is 0 Å². The SMILES string of the molecule is CCC(NC(=O)C(=O)O)C12CC3CC(CC(C3)C1)C2. The molecule has 4 aliphatic rings. The van der Waals surface area contributed by atoms with Gasteiger partial charge in [-0.05, 0) is 68.1 Å². The summed E-state index contributed by atoms with van der Waals surface area (Å²) in [6, 6.07) is 0.0458. The lowest BCUT2D eigenvalue weighted by Crippen LogP contribution is -2.57. The molecule has 0 spiro atoms. The van der Waals surface area contributed by atoms with Crippen molar-refractivity contribution in [2.45, 2.75) is 57.9 Å². The minimum atomic E-state index is -1.36. The highest BCUT2D eigenvalue weighted by Gasteiger charge is 2.54. The summed E-state index contributed by atoms with van der Waals surface area (Å²) in [5, 5.41) is 11.6. The highest BCUT2D eigenvalue weighted by Crippen LogP contribution is 2.61. The van der Waals surface area contributed by atoms with Crippen molar-refractivity contribution in [2.75, 3.05) is 0 Å². The van der Waals surface area contributed by atoms with Crippen LogP contribution in [-0.4, -0.2) is 23.0 Å². The Kier molecular flexibility index (Phi) is 3.06. The molecule has 19 heavy (non-hydrogen) atoms. The lowest BCUT2D eigenvalue weighted by atomic mass is 9.47. The van der Waals surface area contributed by atoms with Gasteiger partial charge in [0.25, 0.3) is 0 Å². The first-order valence-electron chi connectivity index (χ1n) is 7.56. The van der Waals surface area contributed by atoms with Crippen LogP contribution in [0.15, 0.2) is 0 Å². The zero-order valence-corrected chi connectivity index (χ0v) is 11.5. The summed E-state index contributed by atoms with van der Waals surface area (Å²) in [7, 11) is 0. The number of carbonyl (C=O) groups is 2. The molecule has 0 aromatic carbocycles. The minimum Gasteiger partial charge on any atom is -0.474 e. The van der Waals surface area contributed by atoms with Crippen LogP contribution in [0, 0.1) is 23.2 Å². The molecule has 4 saturated carbocycles. The zero-order chi connectivity index (χ0) is 13.6. The molecule has 1 unspecified atom stereocenters. The van der Waals surface area contributed by atoms with Crippen LogP contribution >= 0.6 is 0 Å². The third-order valence-corrected chi connectivity index (χ3v) is 5.73. The Morgan fingerprint density at radius 3 is 2.00 bits per heavy atom. The van der Waals surface area contributed by atoms with E-state index < -0.39 is 11.9 Å². The summed E-state index contributed by atoms with van der Waals surface area (Å²) in [5.41, 5.74) is 0.189. The fourth-order valence-electron chi connectivity index (χ4n) is 5.51. The summed E-state index contributed by atoms with van der Waals surface area (Å²) in [6.07, 6.45) is 8.51. The molecule has 0 saturated heterocycles. The molecule has 106 valence electrons. The van der Waals surface area contributed by atoms with Gasteiger partial charge in [0.2, 0.25) is 0 Å². The van der Waals surface area contributed by atoms with Gasteiger partial charge in [-0.2, -0.15) is 0 Å². The Labute approximate surface area is 113 Å². The first-order valence-corrected chi connectivity index (χ1v) is 7.56. The van der Waals surface area contributed by atoms with Gasteiger partial charge in [-0.1, -0.05) is 6.92 Å². The summed E-state index contributed by atoms with van der Waals surface area (Å²) in [4.78, 5) is 22.3. The van der Waals surface area contributed by atoms with Crippen molar-refractivity contribution in [2.24, 2.45) is 23.2 Å². The van der Waals surface area contributed by atoms with E-state index in [2.05, 4.69) is 12.2 Å². The molecule has 4 aliphatic carbocycles. The second-order valence-electron chi connectivity index (χ2n) is 7.02. The van der Waals surface area contributed by atoms with Gasteiger partial charge in [-0.25, -0.2) is 4.79 Å². The number of hydrogen-bond donors (Lipinski definition) is 2. The summed E-state index contributed by atoms with van der Waals surface area (Å²) in [6.45, 7) is 2.06. The quantitative estimate of drug-likeness (QED) is 0.769. The number of nitrogens with one attached hydrogen (secondary N) is 1. The van der Waals surface area contributed by atoms with Gasteiger partial charge in [0.1, 0.15) is 0 Å². The van der Waals surface area contributed by atoms with Crippen molar-refractivity contribution < 1.29 is 14.7 Å². The van der Waals surface area contributed by atoms with Crippen LogP contribution in [0.1, 0.15) is 51.9 Å². The van der Waals surface area contributed by atoms with Crippen LogP contribution in [0.4, 0.5) is 0 Å². The van der Waals surface area contributed by atoms with Crippen molar-refractivity contribution >= 4 is 11.9 Å². The molecule has 4 fully saturated rings. The van der Waals surface area contributed by atoms with E-state index in [1.165, 1.54) is 38.5 Å². The highest BCUT2D eigenvalue weighted by molar-refractivity contribution is 6.31. The zero-order valence-electron chi connectivity index (χ0n) is 11.5. The van der Waals surface area contributed by atoms with Gasteiger partial charge >= 0.3 is 11.9 Å². The van der Waals surface area contributed by atoms with Crippen LogP contribution in [0.2, 0.25) is 0 Å². The largest absolute Gasteiger partial charge is 0.474 e. The molecular weight excluding hydrogens is 242 g/mol. The van der Waals surface area contributed by atoms with Gasteiger partial charge in [0.15, 0.2) is 0 Å². The van der Waals surface area contributed by atoms with Crippen molar-refractivity contribution in [1.82, 2.24) is 5.32 Å². The molecule has 4 bridgehead atoms. The fourth-order valence-corrected chi connectivity index (χ4v) is 5.51. The number of carboxylic acid groups (broad SMARTS) is 1. The molecule has 0 aromatic heterocycles. The molecule has 2 N–H and O–H groups in total. The van der Waals surface area contributed by atoms with Gasteiger partial charge in [-0.15, -0.1) is 0 Å². The number of carboxylic acids is 1. The average Bonchev–Trinajstić information content (AvgIpc) is 2.33. The van der Waals surface area contributed by atoms with Crippen molar-refractivity contribution in [3.63, 3.8) is 0 Å². The molecule has 1 amide bonds. The van der Waals surface area contributed by atoms with Gasteiger partial charge in [-0.3, -0.25) is 4.79 Å². The smallest absolute Gasteiger partial charge is 0.394 e. The maximum Gasteiger partial charge on any atom is 0.394 e. The molecule has 0 radical (unpaired) electrons. The molecule has 0 heterocycles. The van der Waals surface area contributed by atoms with Crippen molar-refractivity contribution in [3.8, 4) is 0 Å². The Hall–Kier alpha value is -1.06. The Morgan fingerprint density at radius 2 is 1.63 bits per heavy atom. The predicted molar refractivity (Wildman–Crippen MR) is 70.5 cm³/mol. The highest BCUT2D eigenvalue weighted by atomic mass is 16.4. The van der Waals surface area contributed by atoms with Crippen molar-refractivity contribution in [3.05, 3.63) is 0 Å². The number of hydrogen-bond acceptors (Lipinski definition) is 2. The average molecular weight is 265 g/mol. The number of amides is 1. The topological polar surface area (TPSA) is 66.4 Å². The number of rotatable bonds is 3. The monoisotopic (exact) mass is 265 g/mol. The summed E-state index contributed by atoms with van der Waals surface area (Å²) >= 11 is 0. The third-order valence-electron chi connectivity index (χ3n) is 5.73. The molecule has 4 nitrogen and oxygen atoms in total. The van der Waals surface area contributed by atoms with E-state index in [1.807, 2.05) is 0 Å². The minimum absolute atomic E-state index is 0.0458. The molecule has 0 aromatic rings. The van der Waals surface area contributed by atoms with Gasteiger partial charge in [0.05, 0.1) is 0 Å². The Morgan fingerprint density at radius 1 is 1.16 bits per heavy atom. The lowest BCUT2D eigenvalue weighted by molar-refractivity contribution is -0.152. The van der Waals surface area contributed by atoms with E-state index >= 15 is 0 Å². The molecule has 0 aliphatic heterocycles. The first kappa shape index (κ1) is 12.9. The van der Waals surface area contributed by atoms with E-state index in [-0.39, 0.29) is 11.5 Å². The second-order valence-corrected chi connectivity index (χ2v) is 7.02. The maximum atomic E-state index is 11.5. The predicted octanol–water partition coefficient (Wildman–Crippen LogP) is 2.18. The maximum absolute atomic E-state index is 11.5. The van der Waals surface area contributed by atoms with E-state index in [4.69, 9.17) is 5.11 Å². The van der Waals surface area contributed by atoms with Crippen LogP contribution in [0.25, 0.3) is 0 Å². The van der Waals surface area contributed by atoms with Crippen LogP contribution < -0.4 is 5.32 Å². The summed E-state index contributed by atoms with van der Waals surface area (Å²) < 4.78 is 0. The van der Waals surface area contributed by atoms with Crippen LogP contribution in [-0.2, 0) is 9.59 Å². The fraction of sp³-hybridized carbons (Fsp3) is 0.867. The van der Waals surface area contributed by atoms with E-state index in [0.29, 0.717) is 0 Å². The number of aliphatic carboxylic acids is 1. The lowest BCUT2D eigenvalue weighted by Gasteiger charge is -2.59. The van der Waals surface area contributed by atoms with E-state index in [1.54, 1.807) is 0 Å². The normalized spacial score (nSPS) is 41.0. The Bertz CT molecular complexity index is 369. The van der Waals surface area contributed by atoms with Gasteiger partial charge < -0.3 is 10.4 Å². The van der Waals surface area contributed by atoms with Crippen LogP contribution in [0.5, 0.6) is 0 Å². The third kappa shape index (κ3) is 2.15. The Balaban J connectivity index is 1.78. The van der Waals surface area contributed by atoms with Crippen LogP contribution in [0.3, 0.4) is 0 Å². The van der Waals surface area contributed by atoms with E-state index in [9.17, 15) is 9.59 Å². The molecular formula is C15H23NO3. The first-order chi connectivity index (χ1) is 9.02. The summed E-state index contributed by atoms with van der Waals surface area (Å²) in [5.74, 6) is 0.275. The standard InChI is InChI=1S/C15H23NO3/c1-2-12(16-13(17)14(18)19)15-6-9-3-10(7-15)5-11(4-9)8-15/h9-12H,2-8H2,1H3,(H,16,17)(H,18,19). The van der Waals surface area contributed by atoms with Gasteiger partial charge in [0, 0.05) is 6.04 Å². The van der Waals surface area contributed by atoms with E-state index in [0.717, 1.165) is 24.2 Å². The molecule has 1 atom stereocenters. The number of carbonyl (C=O) groups excluding carboxylic acids is 1.